The van der Waals surface area contributed by atoms with Crippen molar-refractivity contribution in [2.45, 2.75) is 0 Å². The summed E-state index contributed by atoms with van der Waals surface area (Å²) >= 11 is 0. The highest BCUT2D eigenvalue weighted by atomic mass is 13.1. The van der Waals surface area contributed by atoms with E-state index in [2.05, 4.69) is 6.58 Å². The molecule has 0 unspecified atom stereocenters. The molecule has 0 fully saturated rings. The predicted octanol–water partition coefficient (Wildman–Crippen LogP) is -0.463. The van der Waals surface area contributed by atoms with Gasteiger partial charge in [-0.3, -0.25) is 0 Å². The molecular weight excluding hydrogens is 56.5 g/mol. The van der Waals surface area contributed by atoms with E-state index in [1.54, 1.807) is 0 Å². The van der Waals surface area contributed by atoms with E-state index >= 15 is 0 Å². The van der Waals surface area contributed by atoms with E-state index in [9.17, 15) is 0 Å². The fraction of sp³-hybridized carbons (Fsp3) is 0. The van der Waals surface area contributed by atoms with Gasteiger partial charge in [0, 0.05) is 15.5 Å². The van der Waals surface area contributed by atoms with Gasteiger partial charge in [0.05, 0.1) is 6.49 Å². The van der Waals surface area contributed by atoms with Crippen LogP contribution in [0.3, 0.4) is 0 Å². The molecule has 0 aromatic rings. The van der Waals surface area contributed by atoms with E-state index < -0.39 is 0 Å². The van der Waals surface area contributed by atoms with Gasteiger partial charge < -0.3 is 0 Å². The first-order valence-corrected chi connectivity index (χ1v) is 1.41. The molecule has 0 aromatic heterocycles. The monoisotopic (exact) mass is 60.1 g/mol. The second-order valence-electron chi connectivity index (χ2n) is 0.813. The average Bonchev–Trinajstić information content (AvgIpc) is 1.38. The minimum absolute atomic E-state index is 0.352. The van der Waals surface area contributed by atoms with Gasteiger partial charge in [-0.25, -0.2) is 0 Å². The maximum absolute atomic E-state index is 4.95. The first kappa shape index (κ1) is 4.93. The summed E-state index contributed by atoms with van der Waals surface area (Å²) in [5, 5.41) is 0. The summed E-state index contributed by atoms with van der Waals surface area (Å²) in [5.74, 6) is 1.47. The summed E-state index contributed by atoms with van der Waals surface area (Å²) in [7, 11) is 9.90. The second kappa shape index (κ2) is 2.19. The van der Waals surface area contributed by atoms with Crippen LogP contribution in [-0.4, -0.2) is 22.0 Å². The zero-order chi connectivity index (χ0) is 4.28. The van der Waals surface area contributed by atoms with Crippen molar-refractivity contribution in [1.29, 1.82) is 0 Å². The van der Waals surface area contributed by atoms with Crippen molar-refractivity contribution >= 4 is 22.0 Å². The summed E-state index contributed by atoms with van der Waals surface area (Å²) in [6.07, 6.45) is 0. The highest BCUT2D eigenvalue weighted by Gasteiger charge is 1.80. The maximum atomic E-state index is 4.95. The van der Waals surface area contributed by atoms with Crippen molar-refractivity contribution in [1.82, 2.24) is 0 Å². The van der Waals surface area contributed by atoms with Crippen LogP contribution in [0.15, 0.2) is 12.6 Å². The zero-order valence-electron chi connectivity index (χ0n) is 3.02. The van der Waals surface area contributed by atoms with Crippen molar-refractivity contribution in [3.8, 4) is 0 Å². The van der Waals surface area contributed by atoms with Crippen molar-refractivity contribution in [3.05, 3.63) is 12.6 Å². The van der Waals surface area contributed by atoms with E-state index in [0.29, 0.717) is 0 Å². The Balaban J connectivity index is 2.83. The topological polar surface area (TPSA) is 0 Å². The molecular formula is C2H3B3. The molecule has 0 aliphatic heterocycles. The lowest BCUT2D eigenvalue weighted by Gasteiger charge is -1.78. The molecule has 0 aromatic carbocycles. The molecule has 5 heavy (non-hydrogen) atoms. The van der Waals surface area contributed by atoms with Crippen LogP contribution in [0.2, 0.25) is 0 Å². The van der Waals surface area contributed by atoms with Gasteiger partial charge in [0.2, 0.25) is 0 Å². The first-order valence-electron chi connectivity index (χ1n) is 1.41. The molecule has 0 rings (SSSR count). The van der Waals surface area contributed by atoms with Crippen LogP contribution in [0.1, 0.15) is 0 Å². The molecule has 0 bridgehead atoms. The Labute approximate surface area is 35.5 Å². The van der Waals surface area contributed by atoms with Crippen LogP contribution in [0.4, 0.5) is 0 Å². The van der Waals surface area contributed by atoms with Crippen LogP contribution in [0, 0.1) is 0 Å². The van der Waals surface area contributed by atoms with Gasteiger partial charge in [0.15, 0.2) is 0 Å². The molecule has 0 saturated heterocycles. The minimum Gasteiger partial charge on any atom is -0.141 e. The molecule has 0 N–H and O–H groups in total. The van der Waals surface area contributed by atoms with Crippen molar-refractivity contribution in [3.63, 3.8) is 0 Å². The van der Waals surface area contributed by atoms with E-state index in [-0.39, 0.29) is 6.49 Å². The Hall–Kier alpha value is -0.0652. The zero-order valence-corrected chi connectivity index (χ0v) is 3.02. The van der Waals surface area contributed by atoms with Crippen molar-refractivity contribution in [2.24, 2.45) is 0 Å². The van der Waals surface area contributed by atoms with Gasteiger partial charge in [0.1, 0.15) is 0 Å². The molecule has 0 saturated carbocycles. The van der Waals surface area contributed by atoms with Crippen LogP contribution in [0.25, 0.3) is 0 Å². The largest absolute Gasteiger partial charge is 0.141 e. The molecule has 0 heterocycles. The highest BCUT2D eigenvalue weighted by molar-refractivity contribution is 7.31. The third kappa shape index (κ3) is 3.93. The fourth-order valence-electron chi connectivity index (χ4n) is 0. The molecule has 0 aliphatic carbocycles. The van der Waals surface area contributed by atoms with Crippen LogP contribution >= 0.6 is 0 Å². The Morgan fingerprint density at radius 3 is 1.80 bits per heavy atom. The summed E-state index contributed by atoms with van der Waals surface area (Å²) in [4.78, 5) is 0. The number of hydrogen-bond donors (Lipinski definition) is 0. The van der Waals surface area contributed by atoms with Gasteiger partial charge in [-0.15, -0.1) is 12.6 Å². The summed E-state index contributed by atoms with van der Waals surface area (Å²) < 4.78 is 0. The van der Waals surface area contributed by atoms with Gasteiger partial charge in [-0.05, 0) is 0 Å². The van der Waals surface area contributed by atoms with Crippen molar-refractivity contribution in [2.75, 3.05) is 0 Å². The standard InChI is InChI=1S/C2H3B3/c1-2-5(3)4/h2H,1H2. The Morgan fingerprint density at radius 2 is 1.80 bits per heavy atom. The van der Waals surface area contributed by atoms with Gasteiger partial charge in [0.25, 0.3) is 0 Å². The van der Waals surface area contributed by atoms with Crippen LogP contribution in [-0.2, 0) is 0 Å². The predicted molar refractivity (Wildman–Crippen MR) is 27.5 cm³/mol. The summed E-state index contributed by atoms with van der Waals surface area (Å²) in [6.45, 7) is 2.96. The highest BCUT2D eigenvalue weighted by Crippen LogP contribution is 1.58. The normalized spacial score (nSPS) is 6.40. The molecule has 0 amide bonds. The average molecular weight is 59.5 g/mol. The van der Waals surface area contributed by atoms with E-state index in [1.165, 1.54) is 5.98 Å². The second-order valence-corrected chi connectivity index (χ2v) is 0.813. The van der Waals surface area contributed by atoms with Crippen LogP contribution in [0.5, 0.6) is 0 Å². The Kier molecular flexibility index (Phi) is 2.16. The van der Waals surface area contributed by atoms with Crippen LogP contribution < -0.4 is 0 Å². The van der Waals surface area contributed by atoms with E-state index in [4.69, 9.17) is 15.5 Å². The lowest BCUT2D eigenvalue weighted by Crippen LogP contribution is -2.07. The summed E-state index contributed by atoms with van der Waals surface area (Å²) in [6, 6.07) is 0. The molecule has 0 spiro atoms. The first-order chi connectivity index (χ1) is 2.27. The molecule has 0 aliphatic rings. The lowest BCUT2D eigenvalue weighted by atomic mass is 9.20. The van der Waals surface area contributed by atoms with E-state index in [1.807, 2.05) is 0 Å². The Morgan fingerprint density at radius 1 is 1.60 bits per heavy atom. The molecule has 20 valence electrons. The van der Waals surface area contributed by atoms with Gasteiger partial charge >= 0.3 is 0 Å². The molecule has 0 nitrogen and oxygen atoms in total. The van der Waals surface area contributed by atoms with Gasteiger partial charge in [-0.1, -0.05) is 0 Å². The molecule has 4 radical (unpaired) electrons. The van der Waals surface area contributed by atoms with Crippen molar-refractivity contribution < 1.29 is 0 Å². The maximum Gasteiger partial charge on any atom is 0.0705 e. The fourth-order valence-corrected chi connectivity index (χ4v) is 0. The third-order valence-electron chi connectivity index (χ3n) is 0.272. The van der Waals surface area contributed by atoms with Gasteiger partial charge in [-0.2, -0.15) is 0 Å². The Bertz CT molecular complexity index is 31.9. The van der Waals surface area contributed by atoms with E-state index in [0.717, 1.165) is 0 Å². The number of rotatable bonds is 1. The minimum atomic E-state index is -0.352. The SMILES string of the molecule is [B]B([B])C=C. The quantitative estimate of drug-likeness (QED) is 0.359. The molecule has 3 heteroatoms. The molecule has 0 atom stereocenters. The summed E-state index contributed by atoms with van der Waals surface area (Å²) in [5.41, 5.74) is 0. The smallest absolute Gasteiger partial charge is 0.0705 e. The third-order valence-corrected chi connectivity index (χ3v) is 0.272. The lowest BCUT2D eigenvalue weighted by molar-refractivity contribution is 2.58. The number of hydrogen-bond acceptors (Lipinski definition) is 0.